The number of nitrogens with zero attached hydrogens (tertiary/aromatic N) is 2. The lowest BCUT2D eigenvalue weighted by atomic mass is 10.6. The van der Waals surface area contributed by atoms with Crippen LogP contribution < -0.4 is 5.73 Å². The molecule has 9 heavy (non-hydrogen) atoms. The molecule has 0 aromatic carbocycles. The molecule has 0 saturated carbocycles. The highest BCUT2D eigenvalue weighted by Crippen LogP contribution is 1.98. The van der Waals surface area contributed by atoms with Crippen molar-refractivity contribution in [2.45, 2.75) is 6.54 Å². The third-order valence-corrected chi connectivity index (χ3v) is 1.05. The summed E-state index contributed by atoms with van der Waals surface area (Å²) in [6.07, 6.45) is 0. The fourth-order valence-electron chi connectivity index (χ4n) is 0.363. The summed E-state index contributed by atoms with van der Waals surface area (Å²) in [6.45, 7) is 0.401. The summed E-state index contributed by atoms with van der Waals surface area (Å²) >= 11 is 3.06. The Labute approximate surface area is 71.1 Å². The second kappa shape index (κ2) is 3.97. The van der Waals surface area contributed by atoms with Gasteiger partial charge in [0, 0.05) is 0 Å². The number of aromatic amines is 1. The Hall–Kier alpha value is 0.0600. The van der Waals surface area contributed by atoms with E-state index in [9.17, 15) is 0 Å². The maximum absolute atomic E-state index is 5.21. The number of nitrogens with one attached hydrogen (secondary N) is 1. The van der Waals surface area contributed by atoms with Crippen molar-refractivity contribution in [1.29, 1.82) is 0 Å². The Morgan fingerprint density at radius 3 is 2.56 bits per heavy atom. The van der Waals surface area contributed by atoms with Gasteiger partial charge in [0.05, 0.1) is 6.54 Å². The monoisotopic (exact) mass is 256 g/mol. The van der Waals surface area contributed by atoms with Gasteiger partial charge in [-0.3, -0.25) is 5.10 Å². The van der Waals surface area contributed by atoms with E-state index in [-0.39, 0.29) is 17.0 Å². The second-order valence-corrected chi connectivity index (χ2v) is 1.96. The smallest absolute Gasteiger partial charge is 0.217 e. The molecule has 0 fully saturated rings. The normalized spacial score (nSPS) is 8.67. The molecule has 6 heteroatoms. The number of H-pyrrole nitrogens is 1. The van der Waals surface area contributed by atoms with Crippen LogP contribution in [0, 0.1) is 0 Å². The van der Waals surface area contributed by atoms with Crippen LogP contribution in [0.25, 0.3) is 0 Å². The molecule has 52 valence electrons. The van der Waals surface area contributed by atoms with Crippen molar-refractivity contribution in [3.63, 3.8) is 0 Å². The number of hydrogen-bond donors (Lipinski definition) is 2. The summed E-state index contributed by atoms with van der Waals surface area (Å²) in [5.41, 5.74) is 5.21. The Balaban J connectivity index is 0.000000640. The van der Waals surface area contributed by atoms with Crippen LogP contribution in [0.5, 0.6) is 0 Å². The zero-order chi connectivity index (χ0) is 5.98. The van der Waals surface area contributed by atoms with Gasteiger partial charge < -0.3 is 5.73 Å². The molecule has 0 bridgehead atoms. The Morgan fingerprint density at radius 2 is 2.33 bits per heavy atom. The van der Waals surface area contributed by atoms with Crippen LogP contribution in [-0.4, -0.2) is 15.2 Å². The zero-order valence-corrected chi connectivity index (χ0v) is 7.76. The van der Waals surface area contributed by atoms with E-state index >= 15 is 0 Å². The Morgan fingerprint density at radius 1 is 1.67 bits per heavy atom. The predicted octanol–water partition coefficient (Wildman–Crippen LogP) is 0.604. The van der Waals surface area contributed by atoms with Gasteiger partial charge in [-0.25, -0.2) is 4.98 Å². The number of halogens is 2. The number of rotatable bonds is 1. The van der Waals surface area contributed by atoms with E-state index in [0.717, 1.165) is 0 Å². The zero-order valence-electron chi connectivity index (χ0n) is 4.47. The molecular formula is C3H6Br2N4. The molecule has 0 aliphatic heterocycles. The molecule has 0 aliphatic carbocycles. The highest BCUT2D eigenvalue weighted by Gasteiger charge is 1.93. The van der Waals surface area contributed by atoms with E-state index in [0.29, 0.717) is 17.1 Å². The van der Waals surface area contributed by atoms with Gasteiger partial charge in [0.25, 0.3) is 0 Å². The van der Waals surface area contributed by atoms with Gasteiger partial charge in [-0.1, -0.05) is 0 Å². The van der Waals surface area contributed by atoms with Crippen LogP contribution in [0.1, 0.15) is 5.82 Å². The highest BCUT2D eigenvalue weighted by atomic mass is 79.9. The summed E-state index contributed by atoms with van der Waals surface area (Å²) in [6, 6.07) is 0. The average molecular weight is 258 g/mol. The summed E-state index contributed by atoms with van der Waals surface area (Å²) in [5, 5.41) is 6.31. The minimum Gasteiger partial charge on any atom is -0.324 e. The minimum absolute atomic E-state index is 0. The molecule has 0 aliphatic rings. The largest absolute Gasteiger partial charge is 0.324 e. The number of aromatic nitrogens is 3. The summed E-state index contributed by atoms with van der Waals surface area (Å²) in [7, 11) is 0. The molecule has 0 radical (unpaired) electrons. The molecule has 0 atom stereocenters. The summed E-state index contributed by atoms with van der Waals surface area (Å²) in [4.78, 5) is 3.85. The van der Waals surface area contributed by atoms with E-state index in [1.165, 1.54) is 0 Å². The molecule has 0 unspecified atom stereocenters. The van der Waals surface area contributed by atoms with Crippen molar-refractivity contribution in [2.75, 3.05) is 0 Å². The summed E-state index contributed by atoms with van der Waals surface area (Å²) < 4.78 is 0.554. The van der Waals surface area contributed by atoms with E-state index in [1.807, 2.05) is 0 Å². The van der Waals surface area contributed by atoms with Gasteiger partial charge in [0.15, 0.2) is 0 Å². The van der Waals surface area contributed by atoms with Gasteiger partial charge in [0.2, 0.25) is 4.73 Å². The van der Waals surface area contributed by atoms with Crippen molar-refractivity contribution < 1.29 is 0 Å². The van der Waals surface area contributed by atoms with Crippen LogP contribution in [-0.2, 0) is 6.54 Å². The lowest BCUT2D eigenvalue weighted by Crippen LogP contribution is -1.97. The average Bonchev–Trinajstić information content (AvgIpc) is 2.14. The fourth-order valence-corrected chi connectivity index (χ4v) is 0.666. The van der Waals surface area contributed by atoms with E-state index in [1.54, 1.807) is 0 Å². The van der Waals surface area contributed by atoms with E-state index < -0.39 is 0 Å². The van der Waals surface area contributed by atoms with Crippen molar-refractivity contribution in [2.24, 2.45) is 5.73 Å². The third-order valence-electron chi connectivity index (χ3n) is 0.698. The first kappa shape index (κ1) is 9.06. The lowest BCUT2D eigenvalue weighted by molar-refractivity contribution is 0.917. The SMILES string of the molecule is Br.NCc1nc(Br)n[nH]1. The molecule has 0 saturated heterocycles. The van der Waals surface area contributed by atoms with Gasteiger partial charge in [-0.15, -0.1) is 22.1 Å². The van der Waals surface area contributed by atoms with Crippen molar-refractivity contribution in [3.8, 4) is 0 Å². The maximum Gasteiger partial charge on any atom is 0.217 e. The molecule has 1 aromatic heterocycles. The maximum atomic E-state index is 5.21. The molecule has 4 nitrogen and oxygen atoms in total. The van der Waals surface area contributed by atoms with Gasteiger partial charge in [0.1, 0.15) is 5.82 Å². The van der Waals surface area contributed by atoms with E-state index in [2.05, 4.69) is 31.1 Å². The van der Waals surface area contributed by atoms with Gasteiger partial charge in [-0.2, -0.15) is 0 Å². The molecule has 1 heterocycles. The first-order chi connectivity index (χ1) is 3.83. The fraction of sp³-hybridized carbons (Fsp3) is 0.333. The molecular weight excluding hydrogens is 252 g/mol. The van der Waals surface area contributed by atoms with Gasteiger partial charge >= 0.3 is 0 Å². The second-order valence-electron chi connectivity index (χ2n) is 1.26. The number of nitrogens with two attached hydrogens (primary N) is 1. The van der Waals surface area contributed by atoms with Crippen molar-refractivity contribution in [3.05, 3.63) is 10.6 Å². The van der Waals surface area contributed by atoms with Crippen LogP contribution in [0.2, 0.25) is 0 Å². The predicted molar refractivity (Wildman–Crippen MR) is 42.3 cm³/mol. The van der Waals surface area contributed by atoms with Crippen molar-refractivity contribution >= 4 is 32.9 Å². The van der Waals surface area contributed by atoms with Crippen LogP contribution in [0.3, 0.4) is 0 Å². The molecule has 3 N–H and O–H groups in total. The van der Waals surface area contributed by atoms with Crippen LogP contribution in [0.15, 0.2) is 4.73 Å². The lowest BCUT2D eigenvalue weighted by Gasteiger charge is -1.78. The van der Waals surface area contributed by atoms with Gasteiger partial charge in [-0.05, 0) is 15.9 Å². The molecule has 0 amide bonds. The van der Waals surface area contributed by atoms with E-state index in [4.69, 9.17) is 5.73 Å². The van der Waals surface area contributed by atoms with Crippen LogP contribution >= 0.6 is 32.9 Å². The minimum atomic E-state index is 0. The molecule has 0 spiro atoms. The van der Waals surface area contributed by atoms with Crippen LogP contribution in [0.4, 0.5) is 0 Å². The first-order valence-electron chi connectivity index (χ1n) is 2.10. The Kier molecular flexibility index (Phi) is 4.00. The topological polar surface area (TPSA) is 67.6 Å². The first-order valence-corrected chi connectivity index (χ1v) is 2.89. The summed E-state index contributed by atoms with van der Waals surface area (Å²) in [5.74, 6) is 0.692. The Bertz CT molecular complexity index is 174. The standard InChI is InChI=1S/C3H5BrN4.BrH/c4-3-6-2(1-5)7-8-3;/h1,5H2,(H,6,7,8);1H. The van der Waals surface area contributed by atoms with Crippen molar-refractivity contribution in [1.82, 2.24) is 15.2 Å². The third kappa shape index (κ3) is 2.42. The quantitative estimate of drug-likeness (QED) is 0.775. The number of hydrogen-bond acceptors (Lipinski definition) is 3. The molecule has 1 aromatic rings. The highest BCUT2D eigenvalue weighted by molar-refractivity contribution is 9.10. The molecule has 1 rings (SSSR count).